The van der Waals surface area contributed by atoms with Crippen LogP contribution < -0.4 is 10.1 Å². The molecule has 118 valence electrons. The number of phenols is 1. The van der Waals surface area contributed by atoms with Crippen LogP contribution in [0.5, 0.6) is 11.5 Å². The molecule has 0 radical (unpaired) electrons. The SMILES string of the molecule is CCOc1cccc2c1NC(c1ccccc1O)C1CC=CC21. The number of phenolic OH excluding ortho intramolecular Hbond substituents is 1. The Bertz CT molecular complexity index is 753. The number of fused-ring (bicyclic) bond motifs is 3. The summed E-state index contributed by atoms with van der Waals surface area (Å²) in [6.07, 6.45) is 5.58. The summed E-state index contributed by atoms with van der Waals surface area (Å²) in [5.74, 6) is 2.04. The minimum atomic E-state index is 0.0882. The summed E-state index contributed by atoms with van der Waals surface area (Å²) >= 11 is 0. The van der Waals surface area contributed by atoms with E-state index in [1.807, 2.05) is 31.2 Å². The van der Waals surface area contributed by atoms with Crippen molar-refractivity contribution in [3.8, 4) is 11.5 Å². The fourth-order valence-electron chi connectivity index (χ4n) is 3.93. The Morgan fingerprint density at radius 2 is 1.96 bits per heavy atom. The molecular weight excluding hydrogens is 286 g/mol. The van der Waals surface area contributed by atoms with Crippen LogP contribution in [0.2, 0.25) is 0 Å². The molecule has 2 aromatic carbocycles. The van der Waals surface area contributed by atoms with E-state index in [2.05, 4.69) is 29.6 Å². The van der Waals surface area contributed by atoms with Gasteiger partial charge in [-0.1, -0.05) is 42.5 Å². The van der Waals surface area contributed by atoms with Gasteiger partial charge >= 0.3 is 0 Å². The maximum Gasteiger partial charge on any atom is 0.142 e. The number of nitrogens with one attached hydrogen (secondary N) is 1. The highest BCUT2D eigenvalue weighted by Gasteiger charge is 2.39. The van der Waals surface area contributed by atoms with Gasteiger partial charge < -0.3 is 15.2 Å². The molecule has 3 atom stereocenters. The van der Waals surface area contributed by atoms with E-state index in [9.17, 15) is 5.11 Å². The van der Waals surface area contributed by atoms with Gasteiger partial charge in [-0.2, -0.15) is 0 Å². The molecule has 3 heteroatoms. The first-order chi connectivity index (χ1) is 11.3. The molecule has 0 spiro atoms. The first-order valence-electron chi connectivity index (χ1n) is 8.26. The molecule has 1 aliphatic carbocycles. The zero-order valence-corrected chi connectivity index (χ0v) is 13.2. The summed E-state index contributed by atoms with van der Waals surface area (Å²) in [4.78, 5) is 0. The van der Waals surface area contributed by atoms with E-state index in [1.54, 1.807) is 6.07 Å². The molecule has 4 rings (SSSR count). The second-order valence-electron chi connectivity index (χ2n) is 6.19. The number of ether oxygens (including phenoxy) is 1. The average Bonchev–Trinajstić information content (AvgIpc) is 3.05. The molecule has 3 unspecified atom stereocenters. The lowest BCUT2D eigenvalue weighted by Crippen LogP contribution is -2.29. The lowest BCUT2D eigenvalue weighted by Gasteiger charge is -2.38. The number of hydrogen-bond donors (Lipinski definition) is 2. The molecule has 0 amide bonds. The van der Waals surface area contributed by atoms with E-state index in [0.717, 1.165) is 23.4 Å². The topological polar surface area (TPSA) is 41.5 Å². The predicted molar refractivity (Wildman–Crippen MR) is 92.1 cm³/mol. The Morgan fingerprint density at radius 1 is 1.13 bits per heavy atom. The van der Waals surface area contributed by atoms with Gasteiger partial charge in [0, 0.05) is 11.5 Å². The Morgan fingerprint density at radius 3 is 2.78 bits per heavy atom. The standard InChI is InChI=1S/C20H21NO2/c1-2-23-18-12-6-10-15-13-8-5-9-14(13)19(21-20(15)18)16-7-3-4-11-17(16)22/h3-8,10-14,19,21-22H,2,9H2,1H3. The number of allylic oxidation sites excluding steroid dienone is 2. The molecule has 0 saturated carbocycles. The second kappa shape index (κ2) is 5.65. The molecule has 2 aromatic rings. The minimum absolute atomic E-state index is 0.0882. The van der Waals surface area contributed by atoms with Crippen LogP contribution in [-0.4, -0.2) is 11.7 Å². The van der Waals surface area contributed by atoms with Crippen LogP contribution in [0.15, 0.2) is 54.6 Å². The van der Waals surface area contributed by atoms with Crippen LogP contribution in [0.1, 0.15) is 36.4 Å². The predicted octanol–water partition coefficient (Wildman–Crippen LogP) is 4.62. The van der Waals surface area contributed by atoms with Crippen molar-refractivity contribution in [2.24, 2.45) is 5.92 Å². The minimum Gasteiger partial charge on any atom is -0.508 e. The third kappa shape index (κ3) is 2.27. The summed E-state index contributed by atoms with van der Waals surface area (Å²) in [5.41, 5.74) is 3.32. The Kier molecular flexibility index (Phi) is 3.49. The number of aromatic hydroxyl groups is 1. The molecule has 1 heterocycles. The van der Waals surface area contributed by atoms with Crippen LogP contribution >= 0.6 is 0 Å². The third-order valence-electron chi connectivity index (χ3n) is 4.93. The van der Waals surface area contributed by atoms with Crippen molar-refractivity contribution in [1.29, 1.82) is 0 Å². The smallest absolute Gasteiger partial charge is 0.142 e. The third-order valence-corrected chi connectivity index (χ3v) is 4.93. The van der Waals surface area contributed by atoms with E-state index in [0.29, 0.717) is 24.2 Å². The summed E-state index contributed by atoms with van der Waals surface area (Å²) in [6, 6.07) is 14.0. The largest absolute Gasteiger partial charge is 0.508 e. The van der Waals surface area contributed by atoms with Crippen molar-refractivity contribution in [2.75, 3.05) is 11.9 Å². The number of rotatable bonds is 3. The second-order valence-corrected chi connectivity index (χ2v) is 6.19. The van der Waals surface area contributed by atoms with Gasteiger partial charge in [-0.3, -0.25) is 0 Å². The average molecular weight is 307 g/mol. The van der Waals surface area contributed by atoms with Gasteiger partial charge in [0.25, 0.3) is 0 Å². The normalized spacial score (nSPS) is 24.7. The molecule has 1 aliphatic heterocycles. The summed E-state index contributed by atoms with van der Waals surface area (Å²) < 4.78 is 5.82. The number of anilines is 1. The highest BCUT2D eigenvalue weighted by molar-refractivity contribution is 5.68. The highest BCUT2D eigenvalue weighted by atomic mass is 16.5. The maximum atomic E-state index is 10.3. The van der Waals surface area contributed by atoms with Gasteiger partial charge in [0.05, 0.1) is 18.3 Å². The van der Waals surface area contributed by atoms with E-state index in [4.69, 9.17) is 4.74 Å². The van der Waals surface area contributed by atoms with E-state index in [-0.39, 0.29) is 6.04 Å². The summed E-state index contributed by atoms with van der Waals surface area (Å²) in [7, 11) is 0. The van der Waals surface area contributed by atoms with E-state index >= 15 is 0 Å². The van der Waals surface area contributed by atoms with Crippen LogP contribution in [0.25, 0.3) is 0 Å². The quantitative estimate of drug-likeness (QED) is 0.813. The monoisotopic (exact) mass is 307 g/mol. The van der Waals surface area contributed by atoms with Crippen molar-refractivity contribution in [1.82, 2.24) is 0 Å². The van der Waals surface area contributed by atoms with Gasteiger partial charge in [0.15, 0.2) is 0 Å². The molecular formula is C20H21NO2. The molecule has 0 bridgehead atoms. The molecule has 23 heavy (non-hydrogen) atoms. The zero-order chi connectivity index (χ0) is 15.8. The van der Waals surface area contributed by atoms with Gasteiger partial charge in [-0.25, -0.2) is 0 Å². The fraction of sp³-hybridized carbons (Fsp3) is 0.300. The van der Waals surface area contributed by atoms with Crippen molar-refractivity contribution in [3.05, 3.63) is 65.7 Å². The fourth-order valence-corrected chi connectivity index (χ4v) is 3.93. The van der Waals surface area contributed by atoms with Crippen molar-refractivity contribution in [2.45, 2.75) is 25.3 Å². The Hall–Kier alpha value is -2.42. The Labute approximate surface area is 136 Å². The summed E-state index contributed by atoms with van der Waals surface area (Å²) in [5, 5.41) is 14.0. The Balaban J connectivity index is 1.82. The first-order valence-corrected chi connectivity index (χ1v) is 8.26. The highest BCUT2D eigenvalue weighted by Crippen LogP contribution is 2.53. The van der Waals surface area contributed by atoms with Gasteiger partial charge in [0.1, 0.15) is 11.5 Å². The molecule has 0 fully saturated rings. The van der Waals surface area contributed by atoms with Gasteiger partial charge in [0.2, 0.25) is 0 Å². The van der Waals surface area contributed by atoms with Crippen molar-refractivity contribution in [3.63, 3.8) is 0 Å². The molecule has 2 N–H and O–H groups in total. The number of benzene rings is 2. The van der Waals surface area contributed by atoms with E-state index < -0.39 is 0 Å². The molecule has 3 nitrogen and oxygen atoms in total. The molecule has 0 aromatic heterocycles. The van der Waals surface area contributed by atoms with E-state index in [1.165, 1.54) is 5.56 Å². The van der Waals surface area contributed by atoms with Crippen molar-refractivity contribution < 1.29 is 9.84 Å². The van der Waals surface area contributed by atoms with Crippen LogP contribution in [0.3, 0.4) is 0 Å². The van der Waals surface area contributed by atoms with Gasteiger partial charge in [-0.15, -0.1) is 0 Å². The lowest BCUT2D eigenvalue weighted by molar-refractivity contribution is 0.336. The number of para-hydroxylation sites is 2. The van der Waals surface area contributed by atoms with Crippen LogP contribution in [0.4, 0.5) is 5.69 Å². The van der Waals surface area contributed by atoms with Crippen LogP contribution in [-0.2, 0) is 0 Å². The first kappa shape index (κ1) is 14.2. The van der Waals surface area contributed by atoms with Crippen molar-refractivity contribution >= 4 is 5.69 Å². The number of hydrogen-bond acceptors (Lipinski definition) is 3. The van der Waals surface area contributed by atoms with Crippen LogP contribution in [0, 0.1) is 5.92 Å². The molecule has 2 aliphatic rings. The zero-order valence-electron chi connectivity index (χ0n) is 13.2. The summed E-state index contributed by atoms with van der Waals surface area (Å²) in [6.45, 7) is 2.64. The lowest BCUT2D eigenvalue weighted by atomic mass is 9.76. The maximum absolute atomic E-state index is 10.3. The molecule has 0 saturated heterocycles. The van der Waals surface area contributed by atoms with Gasteiger partial charge in [-0.05, 0) is 37.0 Å².